The van der Waals surface area contributed by atoms with Crippen molar-refractivity contribution in [3.63, 3.8) is 0 Å². The number of carbonyl (C=O) groups is 2. The van der Waals surface area contributed by atoms with Gasteiger partial charge in [-0.1, -0.05) is 0 Å². The van der Waals surface area contributed by atoms with E-state index in [2.05, 4.69) is 0 Å². The van der Waals surface area contributed by atoms with Gasteiger partial charge in [0.25, 0.3) is 0 Å². The molecule has 1 aliphatic heterocycles. The van der Waals surface area contributed by atoms with Crippen LogP contribution in [0.25, 0.3) is 0 Å². The van der Waals surface area contributed by atoms with Gasteiger partial charge in [0, 0.05) is 18.2 Å². The molecule has 5 nitrogen and oxygen atoms in total. The molecule has 0 aromatic heterocycles. The van der Waals surface area contributed by atoms with E-state index in [0.717, 1.165) is 12.1 Å². The second-order valence-corrected chi connectivity index (χ2v) is 6.29. The Morgan fingerprint density at radius 1 is 1.22 bits per heavy atom. The molecule has 0 bridgehead atoms. The maximum atomic E-state index is 13.3. The number of benzene rings is 1. The molecule has 1 aromatic rings. The van der Waals surface area contributed by atoms with E-state index in [1.807, 2.05) is 0 Å². The monoisotopic (exact) mass is 327 g/mol. The van der Waals surface area contributed by atoms with E-state index in [0.29, 0.717) is 6.07 Å². The van der Waals surface area contributed by atoms with Crippen molar-refractivity contribution in [2.45, 2.75) is 32.4 Å². The molecule has 1 fully saturated rings. The summed E-state index contributed by atoms with van der Waals surface area (Å²) in [6, 6.07) is 1.58. The number of hydrogen-bond acceptors (Lipinski definition) is 4. The first-order valence-electron chi connectivity index (χ1n) is 7.25. The third-order valence-corrected chi connectivity index (χ3v) is 3.21. The van der Waals surface area contributed by atoms with E-state index in [4.69, 9.17) is 9.47 Å². The van der Waals surface area contributed by atoms with Crippen molar-refractivity contribution >= 4 is 11.9 Å². The van der Waals surface area contributed by atoms with E-state index >= 15 is 0 Å². The molecule has 7 heteroatoms. The van der Waals surface area contributed by atoms with Crippen LogP contribution in [0.15, 0.2) is 18.2 Å². The summed E-state index contributed by atoms with van der Waals surface area (Å²) in [4.78, 5) is 26.0. The maximum Gasteiger partial charge on any atom is 0.411 e. The number of ether oxygens (including phenoxy) is 2. The van der Waals surface area contributed by atoms with Gasteiger partial charge in [-0.25, -0.2) is 13.6 Å². The summed E-state index contributed by atoms with van der Waals surface area (Å²) < 4.78 is 37.1. The van der Waals surface area contributed by atoms with Gasteiger partial charge in [-0.3, -0.25) is 9.69 Å². The summed E-state index contributed by atoms with van der Waals surface area (Å²) in [5.41, 5.74) is -0.861. The van der Waals surface area contributed by atoms with Gasteiger partial charge in [0.05, 0.1) is 13.2 Å². The average Bonchev–Trinajstić information content (AvgIpc) is 2.43. The lowest BCUT2D eigenvalue weighted by atomic mass is 10.0. The second kappa shape index (κ2) is 6.62. The highest BCUT2D eigenvalue weighted by molar-refractivity contribution is 6.01. The standard InChI is InChI=1S/C16H19F2NO4/c1-16(2,3)23-15(21)19-4-5-22-9-13(19)14(20)10-6-11(17)8-12(18)7-10/h6-8,13H,4-5,9H2,1-3H3. The first kappa shape index (κ1) is 17.3. The van der Waals surface area contributed by atoms with E-state index in [9.17, 15) is 18.4 Å². The molecule has 0 N–H and O–H groups in total. The quantitative estimate of drug-likeness (QED) is 0.784. The topological polar surface area (TPSA) is 55.8 Å². The number of ketones is 1. The Hall–Kier alpha value is -2.02. The zero-order valence-electron chi connectivity index (χ0n) is 13.3. The third-order valence-electron chi connectivity index (χ3n) is 3.21. The van der Waals surface area contributed by atoms with Crippen molar-refractivity contribution < 1.29 is 27.8 Å². The number of Topliss-reactive ketones (excluding diaryl/α,β-unsaturated/α-hetero) is 1. The summed E-state index contributed by atoms with van der Waals surface area (Å²) in [6.45, 7) is 5.53. The Morgan fingerprint density at radius 2 is 1.83 bits per heavy atom. The number of amides is 1. The molecule has 1 heterocycles. The Labute approximate surface area is 133 Å². The van der Waals surface area contributed by atoms with Gasteiger partial charge in [0.2, 0.25) is 0 Å². The van der Waals surface area contributed by atoms with Crippen molar-refractivity contribution in [1.29, 1.82) is 0 Å². The summed E-state index contributed by atoms with van der Waals surface area (Å²) in [5.74, 6) is -2.29. The lowest BCUT2D eigenvalue weighted by molar-refractivity contribution is -0.0265. The fourth-order valence-electron chi connectivity index (χ4n) is 2.25. The zero-order valence-corrected chi connectivity index (χ0v) is 13.3. The van der Waals surface area contributed by atoms with Crippen LogP contribution in [0.5, 0.6) is 0 Å². The molecule has 1 aromatic carbocycles. The minimum Gasteiger partial charge on any atom is -0.444 e. The van der Waals surface area contributed by atoms with Gasteiger partial charge < -0.3 is 9.47 Å². The lowest BCUT2D eigenvalue weighted by Gasteiger charge is -2.35. The van der Waals surface area contributed by atoms with Crippen LogP contribution in [0.1, 0.15) is 31.1 Å². The fraction of sp³-hybridized carbons (Fsp3) is 0.500. The summed E-state index contributed by atoms with van der Waals surface area (Å²) in [7, 11) is 0. The van der Waals surface area contributed by atoms with Crippen molar-refractivity contribution in [3.8, 4) is 0 Å². The first-order valence-corrected chi connectivity index (χ1v) is 7.25. The Morgan fingerprint density at radius 3 is 2.39 bits per heavy atom. The molecular formula is C16H19F2NO4. The predicted molar refractivity (Wildman–Crippen MR) is 78.2 cm³/mol. The van der Waals surface area contributed by atoms with Crippen LogP contribution < -0.4 is 0 Å². The largest absolute Gasteiger partial charge is 0.444 e. The normalized spacial score (nSPS) is 18.7. The van der Waals surface area contributed by atoms with E-state index in [1.165, 1.54) is 4.90 Å². The molecule has 1 amide bonds. The van der Waals surface area contributed by atoms with Crippen LogP contribution in [0.4, 0.5) is 13.6 Å². The molecular weight excluding hydrogens is 308 g/mol. The fourth-order valence-corrected chi connectivity index (χ4v) is 2.25. The van der Waals surface area contributed by atoms with Crippen LogP contribution in [0, 0.1) is 11.6 Å². The molecule has 1 unspecified atom stereocenters. The lowest BCUT2D eigenvalue weighted by Crippen LogP contribution is -2.53. The maximum absolute atomic E-state index is 13.3. The number of carbonyl (C=O) groups excluding carboxylic acids is 2. The molecule has 1 atom stereocenters. The summed E-state index contributed by atoms with van der Waals surface area (Å²) >= 11 is 0. The highest BCUT2D eigenvalue weighted by Gasteiger charge is 2.36. The zero-order chi connectivity index (χ0) is 17.2. The molecule has 0 radical (unpaired) electrons. The van der Waals surface area contributed by atoms with Crippen molar-refractivity contribution in [2.75, 3.05) is 19.8 Å². The Balaban J connectivity index is 2.23. The highest BCUT2D eigenvalue weighted by atomic mass is 19.1. The summed E-state index contributed by atoms with van der Waals surface area (Å²) in [5, 5.41) is 0. The first-order chi connectivity index (χ1) is 10.7. The van der Waals surface area contributed by atoms with Gasteiger partial charge in [-0.2, -0.15) is 0 Å². The Bertz CT molecular complexity index is 592. The highest BCUT2D eigenvalue weighted by Crippen LogP contribution is 2.19. The molecule has 126 valence electrons. The van der Waals surface area contributed by atoms with Gasteiger partial charge in [-0.15, -0.1) is 0 Å². The van der Waals surface area contributed by atoms with Crippen LogP contribution in [0.3, 0.4) is 0 Å². The van der Waals surface area contributed by atoms with Crippen LogP contribution in [-0.4, -0.2) is 48.2 Å². The van der Waals surface area contributed by atoms with Crippen LogP contribution in [-0.2, 0) is 9.47 Å². The minimum absolute atomic E-state index is 0.0454. The molecule has 0 spiro atoms. The summed E-state index contributed by atoms with van der Waals surface area (Å²) in [6.07, 6.45) is -0.656. The van der Waals surface area contributed by atoms with E-state index in [1.54, 1.807) is 20.8 Å². The van der Waals surface area contributed by atoms with Gasteiger partial charge in [-0.05, 0) is 32.9 Å². The Kier molecular flexibility index (Phi) is 4.99. The SMILES string of the molecule is CC(C)(C)OC(=O)N1CCOCC1C(=O)c1cc(F)cc(F)c1. The molecule has 1 aliphatic rings. The smallest absolute Gasteiger partial charge is 0.411 e. The minimum atomic E-state index is -0.972. The van der Waals surface area contributed by atoms with Gasteiger partial charge in [0.15, 0.2) is 5.78 Å². The van der Waals surface area contributed by atoms with Crippen molar-refractivity contribution in [1.82, 2.24) is 4.90 Å². The van der Waals surface area contributed by atoms with E-state index < -0.39 is 35.2 Å². The number of morpholine rings is 1. The molecule has 1 saturated heterocycles. The van der Waals surface area contributed by atoms with Crippen molar-refractivity contribution in [2.24, 2.45) is 0 Å². The molecule has 0 saturated carbocycles. The molecule has 23 heavy (non-hydrogen) atoms. The molecule has 2 rings (SSSR count). The van der Waals surface area contributed by atoms with Crippen LogP contribution in [0.2, 0.25) is 0 Å². The number of halogens is 2. The van der Waals surface area contributed by atoms with Gasteiger partial charge in [0.1, 0.15) is 23.3 Å². The number of nitrogens with zero attached hydrogens (tertiary/aromatic N) is 1. The second-order valence-electron chi connectivity index (χ2n) is 6.29. The molecule has 0 aliphatic carbocycles. The third kappa shape index (κ3) is 4.48. The average molecular weight is 327 g/mol. The number of rotatable bonds is 2. The van der Waals surface area contributed by atoms with Gasteiger partial charge >= 0.3 is 6.09 Å². The van der Waals surface area contributed by atoms with Crippen molar-refractivity contribution in [3.05, 3.63) is 35.4 Å². The van der Waals surface area contributed by atoms with Crippen LogP contribution >= 0.6 is 0 Å². The number of hydrogen-bond donors (Lipinski definition) is 0. The van der Waals surface area contributed by atoms with E-state index in [-0.39, 0.29) is 25.3 Å². The predicted octanol–water partition coefficient (Wildman–Crippen LogP) is 2.78.